The van der Waals surface area contributed by atoms with E-state index in [0.717, 1.165) is 28.6 Å². The van der Waals surface area contributed by atoms with Gasteiger partial charge in [-0.05, 0) is 67.4 Å². The highest BCUT2D eigenvalue weighted by Gasteiger charge is 2.35. The molecule has 1 unspecified atom stereocenters. The molecule has 0 amide bonds. The van der Waals surface area contributed by atoms with Crippen molar-refractivity contribution >= 4 is 28.5 Å². The Morgan fingerprint density at radius 1 is 1.10 bits per heavy atom. The molecule has 1 N–H and O–H groups in total. The fraction of sp³-hybridized carbons (Fsp3) is 0.304. The first-order chi connectivity index (χ1) is 14.8. The number of aromatic nitrogens is 1. The average molecular weight is 449 g/mol. The fourth-order valence-corrected chi connectivity index (χ4v) is 4.47. The molecule has 2 heterocycles. The van der Waals surface area contributed by atoms with Crippen LogP contribution in [0.1, 0.15) is 35.6 Å². The number of alkyl halides is 3. The van der Waals surface area contributed by atoms with Crippen LogP contribution in [0.3, 0.4) is 0 Å². The van der Waals surface area contributed by atoms with E-state index in [-0.39, 0.29) is 5.02 Å². The number of carbonyl (C=O) groups is 1. The van der Waals surface area contributed by atoms with E-state index in [2.05, 4.69) is 4.98 Å². The zero-order valence-corrected chi connectivity index (χ0v) is 17.2. The lowest BCUT2D eigenvalue weighted by Crippen LogP contribution is -2.39. The van der Waals surface area contributed by atoms with Crippen LogP contribution in [0.2, 0.25) is 5.02 Å². The van der Waals surface area contributed by atoms with Crippen molar-refractivity contribution in [3.05, 3.63) is 76.4 Å². The van der Waals surface area contributed by atoms with Crippen molar-refractivity contribution in [2.75, 3.05) is 13.1 Å². The van der Waals surface area contributed by atoms with Gasteiger partial charge in [0.1, 0.15) is 0 Å². The summed E-state index contributed by atoms with van der Waals surface area (Å²) in [5.41, 5.74) is 1.10. The van der Waals surface area contributed by atoms with E-state index < -0.39 is 29.7 Å². The number of halogens is 4. The van der Waals surface area contributed by atoms with Crippen molar-refractivity contribution in [3.63, 3.8) is 0 Å². The molecule has 1 aliphatic heterocycles. The highest BCUT2D eigenvalue weighted by atomic mass is 35.5. The van der Waals surface area contributed by atoms with Crippen molar-refractivity contribution in [1.82, 2.24) is 9.88 Å². The summed E-state index contributed by atoms with van der Waals surface area (Å²) in [4.78, 5) is 17.8. The Morgan fingerprint density at radius 3 is 2.48 bits per heavy atom. The number of hydrogen-bond donors (Lipinski definition) is 1. The zero-order chi connectivity index (χ0) is 22.2. The molecule has 4 rings (SSSR count). The third kappa shape index (κ3) is 4.38. The second kappa shape index (κ2) is 8.48. The molecule has 2 aromatic carbocycles. The number of nitrogens with zero attached hydrogens (tertiary/aromatic N) is 2. The molecule has 1 aromatic heterocycles. The Hall–Kier alpha value is -2.64. The first-order valence-electron chi connectivity index (χ1n) is 9.93. The summed E-state index contributed by atoms with van der Waals surface area (Å²) >= 11 is 6.44. The van der Waals surface area contributed by atoms with Crippen molar-refractivity contribution in [1.29, 1.82) is 0 Å². The zero-order valence-electron chi connectivity index (χ0n) is 16.4. The van der Waals surface area contributed by atoms with Crippen LogP contribution in [0.5, 0.6) is 0 Å². The maximum atomic E-state index is 13.5. The minimum Gasteiger partial charge on any atom is -0.481 e. The predicted molar refractivity (Wildman–Crippen MR) is 112 cm³/mol. The SMILES string of the molecule is O=C(O)C1CCN(C(c2cc(C(F)(F)F)ccc2Cl)c2ccnc3ccccc23)CC1. The Kier molecular flexibility index (Phi) is 5.90. The Balaban J connectivity index is 1.86. The van der Waals surface area contributed by atoms with Crippen molar-refractivity contribution in [3.8, 4) is 0 Å². The molecule has 1 fully saturated rings. The predicted octanol–water partition coefficient (Wildman–Crippen LogP) is 5.79. The summed E-state index contributed by atoms with van der Waals surface area (Å²) in [6, 6.07) is 12.0. The molecule has 4 nitrogen and oxygen atoms in total. The molecule has 0 radical (unpaired) electrons. The number of pyridine rings is 1. The van der Waals surface area contributed by atoms with Gasteiger partial charge in [-0.25, -0.2) is 0 Å². The number of para-hydroxylation sites is 1. The van der Waals surface area contributed by atoms with Crippen LogP contribution in [0.4, 0.5) is 13.2 Å². The minimum absolute atomic E-state index is 0.235. The quantitative estimate of drug-likeness (QED) is 0.548. The van der Waals surface area contributed by atoms with Gasteiger partial charge in [-0.2, -0.15) is 13.2 Å². The average Bonchev–Trinajstić information content (AvgIpc) is 2.75. The number of fused-ring (bicyclic) bond motifs is 1. The molecule has 1 saturated heterocycles. The number of hydrogen-bond acceptors (Lipinski definition) is 3. The molecule has 0 saturated carbocycles. The molecule has 1 aliphatic rings. The lowest BCUT2D eigenvalue weighted by Gasteiger charge is -2.38. The fourth-order valence-electron chi connectivity index (χ4n) is 4.25. The molecule has 8 heteroatoms. The van der Waals surface area contributed by atoms with Crippen LogP contribution in [-0.4, -0.2) is 34.0 Å². The summed E-state index contributed by atoms with van der Waals surface area (Å²) in [5.74, 6) is -1.30. The molecule has 31 heavy (non-hydrogen) atoms. The second-order valence-corrected chi connectivity index (χ2v) is 8.11. The lowest BCUT2D eigenvalue weighted by atomic mass is 9.89. The van der Waals surface area contributed by atoms with Crippen LogP contribution in [0.15, 0.2) is 54.7 Å². The van der Waals surface area contributed by atoms with Gasteiger partial charge in [-0.1, -0.05) is 29.8 Å². The van der Waals surface area contributed by atoms with Crippen LogP contribution >= 0.6 is 11.6 Å². The normalized spacial score (nSPS) is 17.0. The van der Waals surface area contributed by atoms with Crippen LogP contribution in [-0.2, 0) is 11.0 Å². The summed E-state index contributed by atoms with van der Waals surface area (Å²) in [5, 5.41) is 10.4. The van der Waals surface area contributed by atoms with E-state index >= 15 is 0 Å². The van der Waals surface area contributed by atoms with Crippen molar-refractivity contribution in [2.45, 2.75) is 25.1 Å². The van der Waals surface area contributed by atoms with Gasteiger partial charge in [0.2, 0.25) is 0 Å². The summed E-state index contributed by atoms with van der Waals surface area (Å²) < 4.78 is 40.4. The monoisotopic (exact) mass is 448 g/mol. The maximum Gasteiger partial charge on any atom is 0.416 e. The molecule has 1 atom stereocenters. The number of carboxylic acid groups (broad SMARTS) is 1. The Morgan fingerprint density at radius 2 is 1.81 bits per heavy atom. The van der Waals surface area contributed by atoms with E-state index in [1.54, 1.807) is 12.3 Å². The minimum atomic E-state index is -4.50. The molecule has 0 spiro atoms. The molecule has 162 valence electrons. The number of aliphatic carboxylic acids is 1. The largest absolute Gasteiger partial charge is 0.481 e. The van der Waals surface area contributed by atoms with Gasteiger partial charge in [0.15, 0.2) is 0 Å². The summed E-state index contributed by atoms with van der Waals surface area (Å²) in [6.45, 7) is 0.871. The second-order valence-electron chi connectivity index (χ2n) is 7.70. The highest BCUT2D eigenvalue weighted by Crippen LogP contribution is 2.41. The lowest BCUT2D eigenvalue weighted by molar-refractivity contribution is -0.143. The van der Waals surface area contributed by atoms with Gasteiger partial charge >= 0.3 is 12.1 Å². The molecule has 0 aliphatic carbocycles. The first-order valence-corrected chi connectivity index (χ1v) is 10.3. The summed E-state index contributed by atoms with van der Waals surface area (Å²) in [6.07, 6.45) is -2.02. The highest BCUT2D eigenvalue weighted by molar-refractivity contribution is 6.31. The van der Waals surface area contributed by atoms with E-state index in [9.17, 15) is 23.1 Å². The number of benzene rings is 2. The van der Waals surface area contributed by atoms with E-state index in [4.69, 9.17) is 11.6 Å². The molecule has 0 bridgehead atoms. The third-order valence-corrected chi connectivity index (χ3v) is 6.18. The van der Waals surface area contributed by atoms with Crippen LogP contribution in [0, 0.1) is 5.92 Å². The number of likely N-dealkylation sites (tertiary alicyclic amines) is 1. The number of carboxylic acids is 1. The van der Waals surface area contributed by atoms with Crippen LogP contribution < -0.4 is 0 Å². The van der Waals surface area contributed by atoms with E-state index in [1.165, 1.54) is 6.07 Å². The first kappa shape index (κ1) is 21.6. The van der Waals surface area contributed by atoms with Gasteiger partial charge in [0, 0.05) is 16.6 Å². The molecular weight excluding hydrogens is 429 g/mol. The molecule has 3 aromatic rings. The van der Waals surface area contributed by atoms with Gasteiger partial charge in [-0.15, -0.1) is 0 Å². The van der Waals surface area contributed by atoms with Crippen molar-refractivity contribution in [2.24, 2.45) is 5.92 Å². The Bertz CT molecular complexity index is 1110. The van der Waals surface area contributed by atoms with E-state index in [0.29, 0.717) is 31.5 Å². The topological polar surface area (TPSA) is 53.4 Å². The number of rotatable bonds is 4. The van der Waals surface area contributed by atoms with Gasteiger partial charge in [0.05, 0.1) is 23.0 Å². The third-order valence-electron chi connectivity index (χ3n) is 5.84. The van der Waals surface area contributed by atoms with Gasteiger partial charge in [-0.3, -0.25) is 14.7 Å². The van der Waals surface area contributed by atoms with Gasteiger partial charge < -0.3 is 5.11 Å². The summed E-state index contributed by atoms with van der Waals surface area (Å²) in [7, 11) is 0. The van der Waals surface area contributed by atoms with Crippen LogP contribution in [0.25, 0.3) is 10.9 Å². The smallest absolute Gasteiger partial charge is 0.416 e. The number of piperidine rings is 1. The Labute approximate surface area is 182 Å². The van der Waals surface area contributed by atoms with E-state index in [1.807, 2.05) is 29.2 Å². The molecular formula is C23H20ClF3N2O2. The van der Waals surface area contributed by atoms with Crippen molar-refractivity contribution < 1.29 is 23.1 Å². The van der Waals surface area contributed by atoms with Gasteiger partial charge in [0.25, 0.3) is 0 Å². The standard InChI is InChI=1S/C23H20ClF3N2O2/c24-19-6-5-15(23(25,26)27)13-18(19)21(29-11-8-14(9-12-29)22(30)31)17-7-10-28-20-4-2-1-3-16(17)20/h1-7,10,13-14,21H,8-9,11-12H2,(H,30,31). The maximum absolute atomic E-state index is 13.5.